The Hall–Kier alpha value is -0.940. The third-order valence-corrected chi connectivity index (χ3v) is 4.51. The Balaban J connectivity index is 2.28. The first-order valence-corrected chi connectivity index (χ1v) is 7.34. The number of rotatable bonds is 4. The van der Waals surface area contributed by atoms with E-state index in [1.54, 1.807) is 12.1 Å². The van der Waals surface area contributed by atoms with Gasteiger partial charge in [-0.3, -0.25) is 11.3 Å². The van der Waals surface area contributed by atoms with Crippen molar-refractivity contribution < 1.29 is 4.39 Å². The molecular weight excluding hydrogens is 343 g/mol. The number of nitrogens with two attached hydrogens (primary N) is 1. The first-order valence-electron chi connectivity index (χ1n) is 6.17. The van der Waals surface area contributed by atoms with Crippen molar-refractivity contribution in [3.05, 3.63) is 68.4 Å². The maximum atomic E-state index is 13.3. The summed E-state index contributed by atoms with van der Waals surface area (Å²) in [5.74, 6) is 5.39. The number of halogens is 3. The summed E-state index contributed by atoms with van der Waals surface area (Å²) in [7, 11) is 0. The van der Waals surface area contributed by atoms with Crippen LogP contribution in [0, 0.1) is 12.7 Å². The second-order valence-corrected chi connectivity index (χ2v) is 5.93. The summed E-state index contributed by atoms with van der Waals surface area (Å²) >= 11 is 9.45. The number of hydrogen-bond acceptors (Lipinski definition) is 2. The lowest BCUT2D eigenvalue weighted by Crippen LogP contribution is -2.29. The SMILES string of the molecule is Cc1ccc(F)cc1CC(NN)c1ccc(Br)c(Cl)c1. The van der Waals surface area contributed by atoms with Gasteiger partial charge >= 0.3 is 0 Å². The van der Waals surface area contributed by atoms with Crippen LogP contribution in [0.2, 0.25) is 5.02 Å². The number of benzene rings is 2. The number of hydrazine groups is 1. The second-order valence-electron chi connectivity index (χ2n) is 4.67. The van der Waals surface area contributed by atoms with Gasteiger partial charge in [-0.05, 0) is 70.2 Å². The summed E-state index contributed by atoms with van der Waals surface area (Å²) in [4.78, 5) is 0. The molecule has 0 aliphatic rings. The third-order valence-electron chi connectivity index (χ3n) is 3.28. The minimum atomic E-state index is -0.241. The van der Waals surface area contributed by atoms with E-state index in [1.165, 1.54) is 6.07 Å². The number of hydrogen-bond donors (Lipinski definition) is 2. The lowest BCUT2D eigenvalue weighted by molar-refractivity contribution is 0.547. The monoisotopic (exact) mass is 356 g/mol. The van der Waals surface area contributed by atoms with Crippen LogP contribution in [0.15, 0.2) is 40.9 Å². The molecule has 0 amide bonds. The summed E-state index contributed by atoms with van der Waals surface area (Å²) in [5, 5.41) is 0.624. The molecule has 0 aliphatic carbocycles. The maximum Gasteiger partial charge on any atom is 0.123 e. The molecule has 0 bridgehead atoms. The van der Waals surface area contributed by atoms with Crippen molar-refractivity contribution >= 4 is 27.5 Å². The Morgan fingerprint density at radius 3 is 2.70 bits per heavy atom. The largest absolute Gasteiger partial charge is 0.271 e. The van der Waals surface area contributed by atoms with Crippen LogP contribution in [0.4, 0.5) is 4.39 Å². The van der Waals surface area contributed by atoms with Gasteiger partial charge in [-0.1, -0.05) is 23.7 Å². The van der Waals surface area contributed by atoms with E-state index in [2.05, 4.69) is 21.4 Å². The van der Waals surface area contributed by atoms with E-state index in [0.717, 1.165) is 21.2 Å². The molecule has 0 saturated heterocycles. The van der Waals surface area contributed by atoms with Crippen LogP contribution < -0.4 is 11.3 Å². The molecule has 0 fully saturated rings. The summed E-state index contributed by atoms with van der Waals surface area (Å²) in [6.45, 7) is 1.96. The van der Waals surface area contributed by atoms with Gasteiger partial charge < -0.3 is 0 Å². The summed E-state index contributed by atoms with van der Waals surface area (Å²) < 4.78 is 14.2. The van der Waals surface area contributed by atoms with Crippen molar-refractivity contribution in [2.75, 3.05) is 0 Å². The Kier molecular flexibility index (Phi) is 5.16. The highest BCUT2D eigenvalue weighted by Gasteiger charge is 2.14. The molecule has 0 aromatic heterocycles. The van der Waals surface area contributed by atoms with Crippen molar-refractivity contribution in [3.63, 3.8) is 0 Å². The molecule has 1 unspecified atom stereocenters. The predicted molar refractivity (Wildman–Crippen MR) is 84.1 cm³/mol. The Bertz CT molecular complexity index is 619. The highest BCUT2D eigenvalue weighted by Crippen LogP contribution is 2.28. The van der Waals surface area contributed by atoms with E-state index in [0.29, 0.717) is 11.4 Å². The molecule has 2 nitrogen and oxygen atoms in total. The van der Waals surface area contributed by atoms with Crippen LogP contribution in [-0.4, -0.2) is 0 Å². The van der Waals surface area contributed by atoms with Crippen LogP contribution in [0.5, 0.6) is 0 Å². The fraction of sp³-hybridized carbons (Fsp3) is 0.200. The van der Waals surface area contributed by atoms with E-state index in [4.69, 9.17) is 17.4 Å². The van der Waals surface area contributed by atoms with Crippen LogP contribution in [-0.2, 0) is 6.42 Å². The van der Waals surface area contributed by atoms with Gasteiger partial charge in [-0.2, -0.15) is 0 Å². The van der Waals surface area contributed by atoms with Crippen LogP contribution in [0.25, 0.3) is 0 Å². The van der Waals surface area contributed by atoms with E-state index in [9.17, 15) is 4.39 Å². The van der Waals surface area contributed by atoms with Gasteiger partial charge in [0.1, 0.15) is 5.82 Å². The smallest absolute Gasteiger partial charge is 0.123 e. The van der Waals surface area contributed by atoms with E-state index < -0.39 is 0 Å². The fourth-order valence-corrected chi connectivity index (χ4v) is 2.52. The Morgan fingerprint density at radius 1 is 1.30 bits per heavy atom. The van der Waals surface area contributed by atoms with Crippen molar-refractivity contribution in [2.24, 2.45) is 5.84 Å². The lowest BCUT2D eigenvalue weighted by Gasteiger charge is -2.18. The molecule has 2 aromatic rings. The van der Waals surface area contributed by atoms with E-state index in [-0.39, 0.29) is 11.9 Å². The van der Waals surface area contributed by atoms with Crippen LogP contribution >= 0.6 is 27.5 Å². The van der Waals surface area contributed by atoms with E-state index >= 15 is 0 Å². The zero-order chi connectivity index (χ0) is 14.7. The second kappa shape index (κ2) is 6.68. The normalized spacial score (nSPS) is 12.4. The molecular formula is C15H15BrClFN2. The Labute approximate surface area is 131 Å². The first kappa shape index (κ1) is 15.4. The molecule has 0 spiro atoms. The molecule has 1 atom stereocenters. The van der Waals surface area contributed by atoms with Gasteiger partial charge in [0.15, 0.2) is 0 Å². The summed E-state index contributed by atoms with van der Waals surface area (Å²) in [6, 6.07) is 10.3. The molecule has 20 heavy (non-hydrogen) atoms. The minimum Gasteiger partial charge on any atom is -0.271 e. The average Bonchev–Trinajstić information content (AvgIpc) is 2.43. The molecule has 2 aromatic carbocycles. The quantitative estimate of drug-likeness (QED) is 0.632. The molecule has 0 heterocycles. The van der Waals surface area contributed by atoms with Gasteiger partial charge in [0.2, 0.25) is 0 Å². The highest BCUT2D eigenvalue weighted by atomic mass is 79.9. The zero-order valence-electron chi connectivity index (χ0n) is 11.0. The van der Waals surface area contributed by atoms with Gasteiger partial charge in [-0.15, -0.1) is 0 Å². The van der Waals surface area contributed by atoms with Crippen LogP contribution in [0.3, 0.4) is 0 Å². The number of nitrogens with one attached hydrogen (secondary N) is 1. The van der Waals surface area contributed by atoms with Crippen molar-refractivity contribution in [1.29, 1.82) is 0 Å². The molecule has 0 aliphatic heterocycles. The summed E-state index contributed by atoms with van der Waals surface area (Å²) in [6.07, 6.45) is 0.595. The van der Waals surface area contributed by atoms with Crippen molar-refractivity contribution in [3.8, 4) is 0 Å². The van der Waals surface area contributed by atoms with Crippen LogP contribution in [0.1, 0.15) is 22.7 Å². The summed E-state index contributed by atoms with van der Waals surface area (Å²) in [5.41, 5.74) is 5.69. The first-order chi connectivity index (χ1) is 9.51. The lowest BCUT2D eigenvalue weighted by atomic mass is 9.96. The van der Waals surface area contributed by atoms with Gasteiger partial charge in [0.25, 0.3) is 0 Å². The van der Waals surface area contributed by atoms with Gasteiger partial charge in [-0.25, -0.2) is 4.39 Å². The molecule has 2 rings (SSSR count). The van der Waals surface area contributed by atoms with Crippen molar-refractivity contribution in [1.82, 2.24) is 5.43 Å². The zero-order valence-corrected chi connectivity index (χ0v) is 13.3. The maximum absolute atomic E-state index is 13.3. The minimum absolute atomic E-state index is 0.124. The fourth-order valence-electron chi connectivity index (χ4n) is 2.08. The van der Waals surface area contributed by atoms with E-state index in [1.807, 2.05) is 25.1 Å². The average molecular weight is 358 g/mol. The predicted octanol–water partition coefficient (Wildman–Crippen LogP) is 4.30. The molecule has 5 heteroatoms. The molecule has 106 valence electrons. The third kappa shape index (κ3) is 3.58. The molecule has 0 radical (unpaired) electrons. The van der Waals surface area contributed by atoms with Crippen molar-refractivity contribution in [2.45, 2.75) is 19.4 Å². The molecule has 3 N–H and O–H groups in total. The highest BCUT2D eigenvalue weighted by molar-refractivity contribution is 9.10. The van der Waals surface area contributed by atoms with Gasteiger partial charge in [0.05, 0.1) is 11.1 Å². The molecule has 0 saturated carbocycles. The standard InChI is InChI=1S/C15H15BrClFN2/c1-9-2-4-12(18)6-11(9)8-15(20-19)10-3-5-13(16)14(17)7-10/h2-7,15,20H,8,19H2,1H3. The Morgan fingerprint density at radius 2 is 2.05 bits per heavy atom. The topological polar surface area (TPSA) is 38.0 Å². The number of aryl methyl sites for hydroxylation is 1. The van der Waals surface area contributed by atoms with Gasteiger partial charge in [0, 0.05) is 4.47 Å².